The van der Waals surface area contributed by atoms with Crippen LogP contribution >= 0.6 is 11.6 Å². The van der Waals surface area contributed by atoms with Crippen molar-refractivity contribution >= 4 is 17.3 Å². The van der Waals surface area contributed by atoms with Crippen molar-refractivity contribution in [2.24, 2.45) is 0 Å². The van der Waals surface area contributed by atoms with Crippen molar-refractivity contribution in [1.82, 2.24) is 9.55 Å². The fraction of sp³-hybridized carbons (Fsp3) is 0.100. The van der Waals surface area contributed by atoms with Crippen molar-refractivity contribution in [2.45, 2.75) is 6.92 Å². The molecule has 2 rings (SSSR count). The van der Waals surface area contributed by atoms with Crippen molar-refractivity contribution in [3.05, 3.63) is 45.6 Å². The maximum absolute atomic E-state index is 11.4. The zero-order valence-corrected chi connectivity index (χ0v) is 8.88. The highest BCUT2D eigenvalue weighted by molar-refractivity contribution is 6.33. The first kappa shape index (κ1) is 9.86. The molecular formula is C10H10ClN3O. The zero-order valence-electron chi connectivity index (χ0n) is 8.12. The van der Waals surface area contributed by atoms with Gasteiger partial charge >= 0.3 is 5.69 Å². The molecule has 4 nitrogen and oxygen atoms in total. The SMILES string of the molecule is Cc1cc(N)c(Cl)cc1-n1cc[nH]c1=O. The Morgan fingerprint density at radius 2 is 2.20 bits per heavy atom. The molecule has 0 fully saturated rings. The third-order valence-electron chi connectivity index (χ3n) is 2.22. The van der Waals surface area contributed by atoms with Crippen LogP contribution in [0.2, 0.25) is 5.02 Å². The number of aromatic nitrogens is 2. The molecule has 0 spiro atoms. The molecule has 0 aliphatic rings. The van der Waals surface area contributed by atoms with Crippen molar-refractivity contribution in [3.8, 4) is 5.69 Å². The molecule has 0 radical (unpaired) electrons. The predicted octanol–water partition coefficient (Wildman–Crippen LogP) is 1.71. The van der Waals surface area contributed by atoms with E-state index in [9.17, 15) is 4.79 Å². The van der Waals surface area contributed by atoms with E-state index in [0.29, 0.717) is 10.7 Å². The van der Waals surface area contributed by atoms with Crippen LogP contribution in [-0.4, -0.2) is 9.55 Å². The molecule has 0 aliphatic carbocycles. The third kappa shape index (κ3) is 1.64. The molecule has 1 aromatic heterocycles. The van der Waals surface area contributed by atoms with E-state index in [4.69, 9.17) is 17.3 Å². The molecule has 78 valence electrons. The van der Waals surface area contributed by atoms with Crippen LogP contribution in [0.1, 0.15) is 5.56 Å². The van der Waals surface area contributed by atoms with E-state index in [0.717, 1.165) is 11.3 Å². The first-order valence-electron chi connectivity index (χ1n) is 4.41. The quantitative estimate of drug-likeness (QED) is 0.723. The molecule has 0 amide bonds. The van der Waals surface area contributed by atoms with Gasteiger partial charge in [-0.25, -0.2) is 4.79 Å². The summed E-state index contributed by atoms with van der Waals surface area (Å²) >= 11 is 5.90. The summed E-state index contributed by atoms with van der Waals surface area (Å²) in [5.74, 6) is 0. The number of nitrogens with one attached hydrogen (secondary N) is 1. The van der Waals surface area contributed by atoms with Gasteiger partial charge in [-0.1, -0.05) is 11.6 Å². The van der Waals surface area contributed by atoms with E-state index < -0.39 is 0 Å². The van der Waals surface area contributed by atoms with E-state index in [-0.39, 0.29) is 5.69 Å². The molecule has 0 bridgehead atoms. The number of halogens is 1. The molecular weight excluding hydrogens is 214 g/mol. The second-order valence-electron chi connectivity index (χ2n) is 3.30. The summed E-state index contributed by atoms with van der Waals surface area (Å²) in [7, 11) is 0. The van der Waals surface area contributed by atoms with E-state index in [1.54, 1.807) is 24.5 Å². The van der Waals surface area contributed by atoms with Gasteiger partial charge in [0.05, 0.1) is 16.4 Å². The summed E-state index contributed by atoms with van der Waals surface area (Å²) in [4.78, 5) is 14.0. The Kier molecular flexibility index (Phi) is 2.28. The van der Waals surface area contributed by atoms with Crippen LogP contribution in [0.5, 0.6) is 0 Å². The molecule has 5 heteroatoms. The molecule has 3 N–H and O–H groups in total. The van der Waals surface area contributed by atoms with Gasteiger partial charge in [0.1, 0.15) is 0 Å². The minimum atomic E-state index is -0.195. The number of anilines is 1. The highest BCUT2D eigenvalue weighted by atomic mass is 35.5. The average Bonchev–Trinajstić information content (AvgIpc) is 2.58. The third-order valence-corrected chi connectivity index (χ3v) is 2.55. The van der Waals surface area contributed by atoms with Gasteiger partial charge in [0.15, 0.2) is 0 Å². The Hall–Kier alpha value is -1.68. The monoisotopic (exact) mass is 223 g/mol. The highest BCUT2D eigenvalue weighted by Gasteiger charge is 2.06. The molecule has 1 heterocycles. The lowest BCUT2D eigenvalue weighted by Crippen LogP contribution is -2.15. The average molecular weight is 224 g/mol. The van der Waals surface area contributed by atoms with Gasteiger partial charge in [0.25, 0.3) is 0 Å². The van der Waals surface area contributed by atoms with Crippen LogP contribution in [0.25, 0.3) is 5.69 Å². The molecule has 1 aromatic carbocycles. The zero-order chi connectivity index (χ0) is 11.0. The Morgan fingerprint density at radius 1 is 1.47 bits per heavy atom. The van der Waals surface area contributed by atoms with Crippen LogP contribution in [-0.2, 0) is 0 Å². The van der Waals surface area contributed by atoms with E-state index >= 15 is 0 Å². The molecule has 15 heavy (non-hydrogen) atoms. The van der Waals surface area contributed by atoms with E-state index in [1.165, 1.54) is 4.57 Å². The van der Waals surface area contributed by atoms with Gasteiger partial charge in [-0.3, -0.25) is 4.57 Å². The number of imidazole rings is 1. The molecule has 0 saturated carbocycles. The number of aryl methyl sites for hydroxylation is 1. The van der Waals surface area contributed by atoms with Gasteiger partial charge in [-0.2, -0.15) is 0 Å². The van der Waals surface area contributed by atoms with Crippen LogP contribution in [0.4, 0.5) is 5.69 Å². The van der Waals surface area contributed by atoms with Crippen LogP contribution in [0, 0.1) is 6.92 Å². The smallest absolute Gasteiger partial charge is 0.330 e. The van der Waals surface area contributed by atoms with E-state index in [1.807, 2.05) is 6.92 Å². The Labute approximate surface area is 91.3 Å². The minimum absolute atomic E-state index is 0.195. The largest absolute Gasteiger partial charge is 0.398 e. The lowest BCUT2D eigenvalue weighted by atomic mass is 10.2. The Bertz CT molecular complexity index is 556. The summed E-state index contributed by atoms with van der Waals surface area (Å²) in [6.07, 6.45) is 3.23. The van der Waals surface area contributed by atoms with E-state index in [2.05, 4.69) is 4.98 Å². The van der Waals surface area contributed by atoms with Crippen molar-refractivity contribution in [1.29, 1.82) is 0 Å². The topological polar surface area (TPSA) is 63.8 Å². The predicted molar refractivity (Wildman–Crippen MR) is 60.5 cm³/mol. The molecule has 0 aliphatic heterocycles. The number of nitrogens with two attached hydrogens (primary N) is 1. The van der Waals surface area contributed by atoms with Gasteiger partial charge in [0.2, 0.25) is 0 Å². The minimum Gasteiger partial charge on any atom is -0.398 e. The Morgan fingerprint density at radius 3 is 2.80 bits per heavy atom. The molecule has 0 unspecified atom stereocenters. The lowest BCUT2D eigenvalue weighted by Gasteiger charge is -2.08. The summed E-state index contributed by atoms with van der Waals surface area (Å²) in [6.45, 7) is 1.88. The maximum Gasteiger partial charge on any atom is 0.330 e. The highest BCUT2D eigenvalue weighted by Crippen LogP contribution is 2.24. The first-order valence-corrected chi connectivity index (χ1v) is 4.79. The maximum atomic E-state index is 11.4. The van der Waals surface area contributed by atoms with Crippen molar-refractivity contribution in [3.63, 3.8) is 0 Å². The van der Waals surface area contributed by atoms with Crippen LogP contribution in [0.15, 0.2) is 29.3 Å². The Balaban J connectivity index is 2.69. The summed E-state index contributed by atoms with van der Waals surface area (Å²) in [5, 5.41) is 0.448. The molecule has 0 saturated heterocycles. The molecule has 0 atom stereocenters. The van der Waals surface area contributed by atoms with Crippen LogP contribution in [0.3, 0.4) is 0 Å². The fourth-order valence-corrected chi connectivity index (χ4v) is 1.62. The standard InChI is InChI=1S/C10H10ClN3O/c1-6-4-8(12)7(11)5-9(6)14-3-2-13-10(14)15/h2-5H,12H2,1H3,(H,13,15). The second-order valence-corrected chi connectivity index (χ2v) is 3.70. The van der Waals surface area contributed by atoms with Gasteiger partial charge in [-0.15, -0.1) is 0 Å². The number of aromatic amines is 1. The van der Waals surface area contributed by atoms with Gasteiger partial charge in [0, 0.05) is 12.4 Å². The number of nitrogens with zero attached hydrogens (tertiary/aromatic N) is 1. The summed E-state index contributed by atoms with van der Waals surface area (Å²) in [6, 6.07) is 3.43. The van der Waals surface area contributed by atoms with Crippen molar-refractivity contribution in [2.75, 3.05) is 5.73 Å². The number of hydrogen-bond donors (Lipinski definition) is 2. The van der Waals surface area contributed by atoms with Crippen molar-refractivity contribution < 1.29 is 0 Å². The number of rotatable bonds is 1. The summed E-state index contributed by atoms with van der Waals surface area (Å²) in [5.41, 5.74) is 7.61. The van der Waals surface area contributed by atoms with Gasteiger partial charge < -0.3 is 10.7 Å². The first-order chi connectivity index (χ1) is 7.09. The number of hydrogen-bond acceptors (Lipinski definition) is 2. The van der Waals surface area contributed by atoms with Crippen LogP contribution < -0.4 is 11.4 Å². The fourth-order valence-electron chi connectivity index (χ4n) is 1.46. The summed E-state index contributed by atoms with van der Waals surface area (Å²) < 4.78 is 1.49. The number of nitrogen functional groups attached to an aromatic ring is 1. The normalized spacial score (nSPS) is 10.5. The van der Waals surface area contributed by atoms with Gasteiger partial charge in [-0.05, 0) is 24.6 Å². The number of H-pyrrole nitrogens is 1. The lowest BCUT2D eigenvalue weighted by molar-refractivity contribution is 0.976. The molecule has 2 aromatic rings. The second kappa shape index (κ2) is 3.47. The number of benzene rings is 1.